The van der Waals surface area contributed by atoms with E-state index in [-0.39, 0.29) is 11.8 Å². The minimum atomic E-state index is -0.308. The molecule has 0 saturated heterocycles. The van der Waals surface area contributed by atoms with E-state index in [2.05, 4.69) is 10.6 Å². The lowest BCUT2D eigenvalue weighted by Crippen LogP contribution is -2.17. The Labute approximate surface area is 242 Å². The van der Waals surface area contributed by atoms with Gasteiger partial charge in [-0.2, -0.15) is 0 Å². The maximum atomic E-state index is 13.0. The molecule has 6 rings (SSSR count). The van der Waals surface area contributed by atoms with Gasteiger partial charge in [-0.3, -0.25) is 9.59 Å². The van der Waals surface area contributed by atoms with Crippen molar-refractivity contribution in [2.75, 3.05) is 51.3 Å². The average Bonchev–Trinajstić information content (AvgIpc) is 3.04. The van der Waals surface area contributed by atoms with Crippen LogP contribution in [0.3, 0.4) is 0 Å². The quantitative estimate of drug-likeness (QED) is 0.304. The first-order chi connectivity index (χ1) is 20.5. The van der Waals surface area contributed by atoms with Gasteiger partial charge in [-0.15, -0.1) is 0 Å². The molecule has 0 aliphatic carbocycles. The number of amides is 2. The second-order valence-electron chi connectivity index (χ2n) is 9.46. The second kappa shape index (κ2) is 11.6. The van der Waals surface area contributed by atoms with Crippen LogP contribution in [0.4, 0.5) is 11.4 Å². The van der Waals surface area contributed by atoms with E-state index in [9.17, 15) is 9.59 Å². The molecular formula is C32H28N2O8. The zero-order valence-corrected chi connectivity index (χ0v) is 23.0. The molecule has 0 fully saturated rings. The summed E-state index contributed by atoms with van der Waals surface area (Å²) in [5, 5.41) is 5.80. The van der Waals surface area contributed by atoms with Crippen LogP contribution in [0.5, 0.6) is 34.5 Å². The Balaban J connectivity index is 1.19. The molecule has 0 spiro atoms. The number of hydrogen-bond donors (Lipinski definition) is 2. The van der Waals surface area contributed by atoms with E-state index in [0.717, 1.165) is 11.1 Å². The first-order valence-electron chi connectivity index (χ1n) is 13.3. The van der Waals surface area contributed by atoms with Crippen LogP contribution in [0.2, 0.25) is 0 Å². The van der Waals surface area contributed by atoms with Gasteiger partial charge in [-0.05, 0) is 71.8 Å². The maximum Gasteiger partial charge on any atom is 0.255 e. The van der Waals surface area contributed by atoms with Crippen molar-refractivity contribution in [1.29, 1.82) is 0 Å². The molecule has 2 aliphatic heterocycles. The van der Waals surface area contributed by atoms with Crippen LogP contribution in [-0.4, -0.2) is 52.5 Å². The van der Waals surface area contributed by atoms with Gasteiger partial charge in [-0.25, -0.2) is 0 Å². The van der Waals surface area contributed by atoms with E-state index in [1.807, 2.05) is 24.3 Å². The second-order valence-corrected chi connectivity index (χ2v) is 9.46. The predicted octanol–water partition coefficient (Wildman–Crippen LogP) is 5.42. The summed E-state index contributed by atoms with van der Waals surface area (Å²) in [5.41, 5.74) is 3.54. The van der Waals surface area contributed by atoms with Crippen molar-refractivity contribution < 1.29 is 38.0 Å². The summed E-state index contributed by atoms with van der Waals surface area (Å²) in [6, 6.07) is 21.0. The maximum absolute atomic E-state index is 13.0. The summed E-state index contributed by atoms with van der Waals surface area (Å²) >= 11 is 0. The number of hydrogen-bond acceptors (Lipinski definition) is 8. The molecule has 0 atom stereocenters. The van der Waals surface area contributed by atoms with Gasteiger partial charge in [0.1, 0.15) is 37.9 Å². The third kappa shape index (κ3) is 5.46. The van der Waals surface area contributed by atoms with Gasteiger partial charge in [-0.1, -0.05) is 12.1 Å². The van der Waals surface area contributed by atoms with Crippen LogP contribution in [0.15, 0.2) is 72.8 Å². The van der Waals surface area contributed by atoms with Gasteiger partial charge in [0.15, 0.2) is 23.0 Å². The lowest BCUT2D eigenvalue weighted by Gasteiger charge is -2.19. The fraction of sp³-hybridized carbons (Fsp3) is 0.188. The lowest BCUT2D eigenvalue weighted by molar-refractivity contribution is 0.101. The third-order valence-corrected chi connectivity index (χ3v) is 6.84. The van der Waals surface area contributed by atoms with E-state index in [1.165, 1.54) is 14.2 Å². The number of fused-ring (bicyclic) bond motifs is 2. The van der Waals surface area contributed by atoms with Crippen LogP contribution in [-0.2, 0) is 0 Å². The molecule has 0 radical (unpaired) electrons. The monoisotopic (exact) mass is 568 g/mol. The van der Waals surface area contributed by atoms with Crippen molar-refractivity contribution in [2.45, 2.75) is 0 Å². The highest BCUT2D eigenvalue weighted by Gasteiger charge is 2.19. The molecule has 0 saturated carbocycles. The highest BCUT2D eigenvalue weighted by molar-refractivity contribution is 6.06. The topological polar surface area (TPSA) is 114 Å². The Kier molecular flexibility index (Phi) is 7.42. The smallest absolute Gasteiger partial charge is 0.255 e. The normalized spacial score (nSPS) is 13.1. The fourth-order valence-electron chi connectivity index (χ4n) is 4.71. The largest absolute Gasteiger partial charge is 0.495 e. The first kappa shape index (κ1) is 26.8. The summed E-state index contributed by atoms with van der Waals surface area (Å²) in [6.45, 7) is 1.83. The van der Waals surface area contributed by atoms with Crippen molar-refractivity contribution in [3.8, 4) is 45.6 Å². The number of anilines is 2. The number of rotatable bonds is 7. The third-order valence-electron chi connectivity index (χ3n) is 6.84. The van der Waals surface area contributed by atoms with Crippen molar-refractivity contribution in [2.24, 2.45) is 0 Å². The van der Waals surface area contributed by atoms with Crippen LogP contribution in [0.1, 0.15) is 20.7 Å². The van der Waals surface area contributed by atoms with Gasteiger partial charge in [0.05, 0.1) is 25.6 Å². The molecule has 10 nitrogen and oxygen atoms in total. The first-order valence-corrected chi connectivity index (χ1v) is 13.3. The molecule has 0 bridgehead atoms. The zero-order chi connectivity index (χ0) is 29.1. The summed E-state index contributed by atoms with van der Waals surface area (Å²) in [7, 11) is 3.08. The number of ether oxygens (including phenoxy) is 6. The SMILES string of the molecule is COc1cc(-c2ccc(NC(=O)c3ccc4c(c3)OCCO4)c(OC)c2)ccc1NC(=O)c1ccc2c(c1)OCCO2. The Hall–Kier alpha value is -5.38. The zero-order valence-electron chi connectivity index (χ0n) is 23.0. The van der Waals surface area contributed by atoms with Crippen molar-refractivity contribution in [3.05, 3.63) is 83.9 Å². The number of methoxy groups -OCH3 is 2. The molecule has 2 amide bonds. The van der Waals surface area contributed by atoms with Crippen molar-refractivity contribution in [3.63, 3.8) is 0 Å². The molecule has 10 heteroatoms. The number of carbonyl (C=O) groups is 2. The summed E-state index contributed by atoms with van der Waals surface area (Å²) in [5.74, 6) is 2.65. The fourth-order valence-corrected chi connectivity index (χ4v) is 4.71. The molecular weight excluding hydrogens is 540 g/mol. The highest BCUT2D eigenvalue weighted by Crippen LogP contribution is 2.37. The van der Waals surface area contributed by atoms with E-state index in [0.29, 0.717) is 83.4 Å². The molecule has 42 heavy (non-hydrogen) atoms. The van der Waals surface area contributed by atoms with Crippen molar-refractivity contribution in [1.82, 2.24) is 0 Å². The molecule has 4 aromatic carbocycles. The molecule has 2 heterocycles. The summed E-state index contributed by atoms with van der Waals surface area (Å²) in [4.78, 5) is 26.0. The number of nitrogens with one attached hydrogen (secondary N) is 2. The van der Waals surface area contributed by atoms with E-state index < -0.39 is 0 Å². The average molecular weight is 569 g/mol. The molecule has 0 unspecified atom stereocenters. The van der Waals surface area contributed by atoms with Gasteiger partial charge >= 0.3 is 0 Å². The summed E-state index contributed by atoms with van der Waals surface area (Å²) < 4.78 is 33.4. The molecule has 4 aromatic rings. The van der Waals surface area contributed by atoms with E-state index in [1.54, 1.807) is 48.5 Å². The molecule has 2 N–H and O–H groups in total. The van der Waals surface area contributed by atoms with Crippen LogP contribution >= 0.6 is 0 Å². The lowest BCUT2D eigenvalue weighted by atomic mass is 10.0. The Morgan fingerprint density at radius 2 is 0.952 bits per heavy atom. The summed E-state index contributed by atoms with van der Waals surface area (Å²) in [6.07, 6.45) is 0. The van der Waals surface area contributed by atoms with Gasteiger partial charge < -0.3 is 39.1 Å². The van der Waals surface area contributed by atoms with Gasteiger partial charge in [0.25, 0.3) is 11.8 Å². The number of benzene rings is 4. The minimum absolute atomic E-state index is 0.308. The van der Waals surface area contributed by atoms with Crippen molar-refractivity contribution >= 4 is 23.2 Å². The Bertz CT molecular complexity index is 1550. The van der Waals surface area contributed by atoms with Gasteiger partial charge in [0, 0.05) is 11.1 Å². The number of carbonyl (C=O) groups excluding carboxylic acids is 2. The van der Waals surface area contributed by atoms with E-state index >= 15 is 0 Å². The predicted molar refractivity (Wildman–Crippen MR) is 156 cm³/mol. The Morgan fingerprint density at radius 3 is 1.36 bits per heavy atom. The van der Waals surface area contributed by atoms with Crippen LogP contribution in [0, 0.1) is 0 Å². The highest BCUT2D eigenvalue weighted by atomic mass is 16.6. The van der Waals surface area contributed by atoms with E-state index in [4.69, 9.17) is 28.4 Å². The van der Waals surface area contributed by atoms with Crippen LogP contribution < -0.4 is 39.1 Å². The molecule has 0 aromatic heterocycles. The van der Waals surface area contributed by atoms with Crippen LogP contribution in [0.25, 0.3) is 11.1 Å². The minimum Gasteiger partial charge on any atom is -0.495 e. The molecule has 2 aliphatic rings. The standard InChI is InChI=1S/C32H28N2O8/c1-37-27-15-19(3-7-23(27)33-31(35)21-5-9-25-29(17-21)41-13-11-39-25)20-4-8-24(28(16-20)38-2)34-32(36)22-6-10-26-30(18-22)42-14-12-40-26/h3-10,15-18H,11-14H2,1-2H3,(H,33,35)(H,34,36). The molecule has 214 valence electrons. The Morgan fingerprint density at radius 1 is 0.548 bits per heavy atom. The van der Waals surface area contributed by atoms with Gasteiger partial charge in [0.2, 0.25) is 0 Å².